The number of hydrogen-bond acceptors (Lipinski definition) is 4. The number of amides is 2. The van der Waals surface area contributed by atoms with E-state index in [-0.39, 0.29) is 0 Å². The number of hydrazine groups is 1. The lowest BCUT2D eigenvalue weighted by molar-refractivity contribution is 0.254. The lowest BCUT2D eigenvalue weighted by atomic mass is 10.1. The van der Waals surface area contributed by atoms with Crippen LogP contribution in [-0.2, 0) is 13.5 Å². The second-order valence-corrected chi connectivity index (χ2v) is 7.06. The van der Waals surface area contributed by atoms with Crippen molar-refractivity contribution in [2.24, 2.45) is 7.05 Å². The number of nitrogens with zero attached hydrogens (tertiary/aromatic N) is 3. The molecule has 0 unspecified atom stereocenters. The number of aromatic nitrogens is 3. The molecule has 1 aromatic carbocycles. The van der Waals surface area contributed by atoms with Gasteiger partial charge in [-0.25, -0.2) is 9.78 Å². The lowest BCUT2D eigenvalue weighted by Gasteiger charge is -2.12. The fraction of sp³-hybridized carbons (Fsp3) is 0.278. The summed E-state index contributed by atoms with van der Waals surface area (Å²) in [5.41, 5.74) is 8.75. The van der Waals surface area contributed by atoms with E-state index in [1.807, 2.05) is 20.0 Å². The summed E-state index contributed by atoms with van der Waals surface area (Å²) < 4.78 is 1.74. The number of anilines is 2. The Morgan fingerprint density at radius 2 is 1.89 bits per heavy atom. The fourth-order valence-corrected chi connectivity index (χ4v) is 3.50. The van der Waals surface area contributed by atoms with Crippen LogP contribution in [0.5, 0.6) is 0 Å². The number of fused-ring (bicyclic) bond motifs is 1. The summed E-state index contributed by atoms with van der Waals surface area (Å²) in [5.74, 6) is 0.535. The average Bonchev–Trinajstić information content (AvgIpc) is 2.87. The first-order valence-electron chi connectivity index (χ1n) is 8.49. The maximum absolute atomic E-state index is 12.1. The van der Waals surface area contributed by atoms with Crippen molar-refractivity contribution in [1.82, 2.24) is 20.2 Å². The Balaban J connectivity index is 1.76. The number of carbonyl (C=O) groups is 1. The fourth-order valence-electron chi connectivity index (χ4n) is 2.97. The quantitative estimate of drug-likeness (QED) is 0.536. The molecule has 0 saturated heterocycles. The van der Waals surface area contributed by atoms with Crippen LogP contribution in [-0.4, -0.2) is 20.8 Å². The molecule has 2 heterocycles. The molecule has 2 aromatic heterocycles. The molecule has 0 radical (unpaired) electrons. The molecule has 0 bridgehead atoms. The molecular weight excluding hydrogens is 387 g/mol. The van der Waals surface area contributed by atoms with Gasteiger partial charge in [0.05, 0.1) is 5.69 Å². The van der Waals surface area contributed by atoms with Crippen molar-refractivity contribution in [3.63, 3.8) is 0 Å². The first-order chi connectivity index (χ1) is 12.9. The van der Waals surface area contributed by atoms with Crippen molar-refractivity contribution in [3.05, 3.63) is 45.6 Å². The molecular formula is C18H20Cl2N6O. The van der Waals surface area contributed by atoms with Gasteiger partial charge >= 0.3 is 6.03 Å². The summed E-state index contributed by atoms with van der Waals surface area (Å²) in [6, 6.07) is 6.27. The van der Waals surface area contributed by atoms with Gasteiger partial charge in [-0.1, -0.05) is 36.5 Å². The van der Waals surface area contributed by atoms with E-state index in [4.69, 9.17) is 23.2 Å². The Morgan fingerprint density at radius 3 is 2.56 bits per heavy atom. The number of benzene rings is 1. The molecule has 7 nitrogen and oxygen atoms in total. The van der Waals surface area contributed by atoms with Gasteiger partial charge in [0.25, 0.3) is 0 Å². The van der Waals surface area contributed by atoms with E-state index < -0.39 is 6.03 Å². The van der Waals surface area contributed by atoms with Gasteiger partial charge in [0.15, 0.2) is 5.65 Å². The SMILES string of the molecule is CCCc1cc(NNC(=O)Nc2cc(Cl)cc(Cl)c2)nc2c1c(C)nn2C. The van der Waals surface area contributed by atoms with Crippen LogP contribution in [0, 0.1) is 6.92 Å². The zero-order valence-electron chi connectivity index (χ0n) is 15.2. The Kier molecular flexibility index (Phi) is 5.72. The van der Waals surface area contributed by atoms with Gasteiger partial charge in [0.1, 0.15) is 5.82 Å². The number of aryl methyl sites for hydroxylation is 3. The van der Waals surface area contributed by atoms with Gasteiger partial charge in [-0.2, -0.15) is 5.10 Å². The molecule has 3 aromatic rings. The van der Waals surface area contributed by atoms with Crippen LogP contribution >= 0.6 is 23.2 Å². The molecule has 0 aliphatic carbocycles. The number of urea groups is 1. The van der Waals surface area contributed by atoms with Gasteiger partial charge in [-0.3, -0.25) is 15.5 Å². The largest absolute Gasteiger partial charge is 0.337 e. The van der Waals surface area contributed by atoms with Crippen LogP contribution in [0.3, 0.4) is 0 Å². The molecule has 142 valence electrons. The minimum Gasteiger partial charge on any atom is -0.306 e. The smallest absolute Gasteiger partial charge is 0.306 e. The van der Waals surface area contributed by atoms with E-state index in [9.17, 15) is 4.79 Å². The van der Waals surface area contributed by atoms with Gasteiger partial charge in [0, 0.05) is 28.2 Å². The molecule has 27 heavy (non-hydrogen) atoms. The maximum atomic E-state index is 12.1. The Labute approximate surface area is 167 Å². The molecule has 0 saturated carbocycles. The predicted molar refractivity (Wildman–Crippen MR) is 109 cm³/mol. The standard InChI is InChI=1S/C18H20Cl2N6O/c1-4-5-11-6-15(22-17-16(11)10(2)25-26(17)3)23-24-18(27)21-14-8-12(19)7-13(20)9-14/h6-9H,4-5H2,1-3H3,(H,22,23)(H2,21,24,27). The van der Waals surface area contributed by atoms with E-state index >= 15 is 0 Å². The van der Waals surface area contributed by atoms with Crippen molar-refractivity contribution in [2.75, 3.05) is 10.7 Å². The second kappa shape index (κ2) is 8.02. The summed E-state index contributed by atoms with van der Waals surface area (Å²) in [7, 11) is 1.85. The minimum atomic E-state index is -0.464. The van der Waals surface area contributed by atoms with Gasteiger partial charge in [-0.05, 0) is 43.2 Å². The third-order valence-corrected chi connectivity index (χ3v) is 4.43. The zero-order valence-corrected chi connectivity index (χ0v) is 16.7. The molecule has 3 N–H and O–H groups in total. The van der Waals surface area contributed by atoms with E-state index in [1.165, 1.54) is 0 Å². The van der Waals surface area contributed by atoms with Gasteiger partial charge < -0.3 is 5.32 Å². The van der Waals surface area contributed by atoms with Crippen LogP contribution < -0.4 is 16.2 Å². The van der Waals surface area contributed by atoms with Crippen molar-refractivity contribution in [2.45, 2.75) is 26.7 Å². The molecule has 0 atom stereocenters. The molecule has 0 aliphatic heterocycles. The molecule has 3 rings (SSSR count). The van der Waals surface area contributed by atoms with Crippen LogP contribution in [0.15, 0.2) is 24.3 Å². The van der Waals surface area contributed by atoms with Crippen LogP contribution in [0.4, 0.5) is 16.3 Å². The highest BCUT2D eigenvalue weighted by Gasteiger charge is 2.13. The van der Waals surface area contributed by atoms with Gasteiger partial charge in [0.2, 0.25) is 0 Å². The molecule has 0 spiro atoms. The van der Waals surface area contributed by atoms with Gasteiger partial charge in [-0.15, -0.1) is 0 Å². The van der Waals surface area contributed by atoms with E-state index in [2.05, 4.69) is 33.2 Å². The average molecular weight is 407 g/mol. The van der Waals surface area contributed by atoms with Crippen molar-refractivity contribution < 1.29 is 4.79 Å². The highest BCUT2D eigenvalue weighted by Crippen LogP contribution is 2.25. The number of halogens is 2. The molecule has 0 fully saturated rings. The first-order valence-corrected chi connectivity index (χ1v) is 9.25. The van der Waals surface area contributed by atoms with Crippen molar-refractivity contribution in [1.29, 1.82) is 0 Å². The van der Waals surface area contributed by atoms with E-state index in [0.717, 1.165) is 35.1 Å². The Hall–Kier alpha value is -2.51. The van der Waals surface area contributed by atoms with Crippen LogP contribution in [0.25, 0.3) is 11.0 Å². The zero-order chi connectivity index (χ0) is 19.6. The number of pyridine rings is 1. The third-order valence-electron chi connectivity index (χ3n) is 3.99. The topological polar surface area (TPSA) is 83.9 Å². The van der Waals surface area contributed by atoms with E-state index in [1.54, 1.807) is 22.9 Å². The monoisotopic (exact) mass is 406 g/mol. The summed E-state index contributed by atoms with van der Waals surface area (Å²) >= 11 is 11.9. The van der Waals surface area contributed by atoms with Crippen LogP contribution in [0.1, 0.15) is 24.6 Å². The first kappa shape index (κ1) is 19.3. The Bertz CT molecular complexity index is 981. The van der Waals surface area contributed by atoms with E-state index in [0.29, 0.717) is 21.6 Å². The highest BCUT2D eigenvalue weighted by molar-refractivity contribution is 6.35. The predicted octanol–water partition coefficient (Wildman–Crippen LogP) is 4.68. The number of hydrogen-bond donors (Lipinski definition) is 3. The molecule has 0 aliphatic rings. The summed E-state index contributed by atoms with van der Waals surface area (Å²) in [6.07, 6.45) is 1.89. The number of carbonyl (C=O) groups excluding carboxylic acids is 1. The maximum Gasteiger partial charge on any atom is 0.337 e. The highest BCUT2D eigenvalue weighted by atomic mass is 35.5. The molecule has 2 amide bonds. The van der Waals surface area contributed by atoms with Crippen molar-refractivity contribution in [3.8, 4) is 0 Å². The Morgan fingerprint density at radius 1 is 1.19 bits per heavy atom. The molecule has 9 heteroatoms. The summed E-state index contributed by atoms with van der Waals surface area (Å²) in [5, 5.41) is 9.04. The summed E-state index contributed by atoms with van der Waals surface area (Å²) in [4.78, 5) is 16.7. The third kappa shape index (κ3) is 4.43. The van der Waals surface area contributed by atoms with Crippen LogP contribution in [0.2, 0.25) is 10.0 Å². The minimum absolute atomic E-state index is 0.439. The number of rotatable bonds is 5. The summed E-state index contributed by atoms with van der Waals surface area (Å²) in [6.45, 7) is 4.09. The second-order valence-electron chi connectivity index (χ2n) is 6.19. The normalized spacial score (nSPS) is 10.9. The van der Waals surface area contributed by atoms with Crippen molar-refractivity contribution >= 4 is 51.8 Å². The lowest BCUT2D eigenvalue weighted by Crippen LogP contribution is -2.34. The number of nitrogens with one attached hydrogen (secondary N) is 3.